The van der Waals surface area contributed by atoms with Gasteiger partial charge < -0.3 is 9.30 Å². The Labute approximate surface area is 191 Å². The molecule has 2 aromatic carbocycles. The van der Waals surface area contributed by atoms with Crippen molar-refractivity contribution >= 4 is 62.4 Å². The lowest BCUT2D eigenvalue weighted by molar-refractivity contribution is -0.143. The Kier molecular flexibility index (Phi) is 5.91. The molecule has 1 N–H and O–H groups in total. The number of barbiturate groups is 1. The first-order valence-corrected chi connectivity index (χ1v) is 10.6. The number of nitrogens with one attached hydrogen (secondary N) is 1. The number of carbonyl (C=O) groups is 4. The van der Waals surface area contributed by atoms with Crippen LogP contribution in [0.4, 0.5) is 10.5 Å². The third-order valence-electron chi connectivity index (χ3n) is 4.91. The van der Waals surface area contributed by atoms with Crippen molar-refractivity contribution in [3.05, 3.63) is 70.3 Å². The van der Waals surface area contributed by atoms with Gasteiger partial charge in [0.1, 0.15) is 12.1 Å². The van der Waals surface area contributed by atoms with Crippen molar-refractivity contribution in [1.82, 2.24) is 9.88 Å². The van der Waals surface area contributed by atoms with Crippen molar-refractivity contribution in [2.45, 2.75) is 13.5 Å². The van der Waals surface area contributed by atoms with Crippen molar-refractivity contribution in [3.63, 3.8) is 0 Å². The summed E-state index contributed by atoms with van der Waals surface area (Å²) in [5.41, 5.74) is 1.45. The second-order valence-electron chi connectivity index (χ2n) is 6.97. The Morgan fingerprint density at radius 3 is 2.53 bits per heavy atom. The predicted octanol–water partition coefficient (Wildman–Crippen LogP) is 3.63. The van der Waals surface area contributed by atoms with Gasteiger partial charge >= 0.3 is 12.0 Å². The van der Waals surface area contributed by atoms with Gasteiger partial charge in [0.15, 0.2) is 0 Å². The zero-order chi connectivity index (χ0) is 22.8. The fraction of sp³-hybridized carbons (Fsp3) is 0.130. The number of fused-ring (bicyclic) bond motifs is 1. The van der Waals surface area contributed by atoms with Crippen LogP contribution in [-0.4, -0.2) is 35.0 Å². The summed E-state index contributed by atoms with van der Waals surface area (Å²) < 4.78 is 7.51. The number of benzene rings is 2. The Balaban J connectivity index is 1.76. The molecule has 8 nitrogen and oxygen atoms in total. The fourth-order valence-electron chi connectivity index (χ4n) is 3.50. The number of halogens is 1. The molecule has 1 aromatic heterocycles. The van der Waals surface area contributed by atoms with Gasteiger partial charge in [0.05, 0.1) is 12.3 Å². The molecule has 0 radical (unpaired) electrons. The maximum atomic E-state index is 13.1. The van der Waals surface area contributed by atoms with Crippen molar-refractivity contribution in [2.75, 3.05) is 11.5 Å². The van der Waals surface area contributed by atoms with E-state index in [0.717, 1.165) is 20.3 Å². The van der Waals surface area contributed by atoms with Crippen LogP contribution in [0, 0.1) is 0 Å². The Hall–Kier alpha value is -3.72. The minimum absolute atomic E-state index is 0.0127. The van der Waals surface area contributed by atoms with Crippen LogP contribution in [0.25, 0.3) is 17.0 Å². The summed E-state index contributed by atoms with van der Waals surface area (Å²) >= 11 is 3.31. The van der Waals surface area contributed by atoms with Crippen LogP contribution in [0.15, 0.2) is 64.8 Å². The molecule has 162 valence electrons. The van der Waals surface area contributed by atoms with Crippen LogP contribution >= 0.6 is 15.9 Å². The lowest BCUT2D eigenvalue weighted by Gasteiger charge is -2.26. The van der Waals surface area contributed by atoms with Crippen molar-refractivity contribution < 1.29 is 23.9 Å². The molecule has 4 rings (SSSR count). The number of aromatic nitrogens is 1. The minimum Gasteiger partial charge on any atom is -0.465 e. The quantitative estimate of drug-likeness (QED) is 0.331. The summed E-state index contributed by atoms with van der Waals surface area (Å²) in [6, 6.07) is 13.1. The van der Waals surface area contributed by atoms with E-state index < -0.39 is 23.8 Å². The van der Waals surface area contributed by atoms with Gasteiger partial charge in [-0.05, 0) is 43.3 Å². The predicted molar refractivity (Wildman–Crippen MR) is 122 cm³/mol. The van der Waals surface area contributed by atoms with Crippen molar-refractivity contribution in [1.29, 1.82) is 0 Å². The normalized spacial score (nSPS) is 15.4. The van der Waals surface area contributed by atoms with Crippen LogP contribution < -0.4 is 10.2 Å². The first kappa shape index (κ1) is 21.5. The zero-order valence-electron chi connectivity index (χ0n) is 17.0. The van der Waals surface area contributed by atoms with E-state index in [2.05, 4.69) is 21.2 Å². The van der Waals surface area contributed by atoms with Crippen LogP contribution in [-0.2, 0) is 25.7 Å². The number of hydrogen-bond donors (Lipinski definition) is 1. The molecule has 0 bridgehead atoms. The van der Waals surface area contributed by atoms with E-state index in [0.29, 0.717) is 11.3 Å². The van der Waals surface area contributed by atoms with Gasteiger partial charge in [-0.25, -0.2) is 9.69 Å². The smallest absolute Gasteiger partial charge is 0.335 e. The molecule has 4 amide bonds. The molecule has 2 heterocycles. The molecule has 9 heteroatoms. The van der Waals surface area contributed by atoms with E-state index in [-0.39, 0.29) is 18.7 Å². The van der Waals surface area contributed by atoms with Gasteiger partial charge in [-0.2, -0.15) is 0 Å². The summed E-state index contributed by atoms with van der Waals surface area (Å²) in [6.45, 7) is 1.98. The number of esters is 1. The van der Waals surface area contributed by atoms with E-state index in [1.54, 1.807) is 42.0 Å². The molecule has 0 unspecified atom stereocenters. The zero-order valence-corrected chi connectivity index (χ0v) is 18.6. The molecule has 1 saturated heterocycles. The third kappa shape index (κ3) is 4.06. The number of para-hydroxylation sites is 1. The first-order valence-electron chi connectivity index (χ1n) is 9.79. The van der Waals surface area contributed by atoms with Gasteiger partial charge in [-0.15, -0.1) is 0 Å². The highest BCUT2D eigenvalue weighted by Gasteiger charge is 2.37. The van der Waals surface area contributed by atoms with Gasteiger partial charge in [-0.3, -0.25) is 19.7 Å². The number of hydrogen-bond acceptors (Lipinski definition) is 5. The van der Waals surface area contributed by atoms with Crippen molar-refractivity contribution in [2.24, 2.45) is 0 Å². The second kappa shape index (κ2) is 8.80. The number of nitrogens with zero attached hydrogens (tertiary/aromatic N) is 2. The van der Waals surface area contributed by atoms with E-state index >= 15 is 0 Å². The van der Waals surface area contributed by atoms with Crippen molar-refractivity contribution in [3.8, 4) is 0 Å². The highest BCUT2D eigenvalue weighted by molar-refractivity contribution is 9.10. The molecule has 0 saturated carbocycles. The van der Waals surface area contributed by atoms with E-state index in [1.165, 1.54) is 6.08 Å². The van der Waals surface area contributed by atoms with Crippen LogP contribution in [0.3, 0.4) is 0 Å². The number of urea groups is 1. The summed E-state index contributed by atoms with van der Waals surface area (Å²) in [5, 5.41) is 2.96. The number of carbonyl (C=O) groups excluding carboxylic acids is 4. The van der Waals surface area contributed by atoms with E-state index in [9.17, 15) is 19.2 Å². The summed E-state index contributed by atoms with van der Waals surface area (Å²) in [4.78, 5) is 50.9. The molecular weight excluding hydrogens is 478 g/mol. The number of ether oxygens (including phenoxy) is 1. The van der Waals surface area contributed by atoms with Gasteiger partial charge in [0.2, 0.25) is 0 Å². The van der Waals surface area contributed by atoms with Gasteiger partial charge in [0, 0.05) is 27.1 Å². The molecule has 3 aromatic rings. The Morgan fingerprint density at radius 2 is 1.81 bits per heavy atom. The largest absolute Gasteiger partial charge is 0.465 e. The fourth-order valence-corrected chi connectivity index (χ4v) is 3.77. The molecule has 1 fully saturated rings. The van der Waals surface area contributed by atoms with Crippen LogP contribution in [0.1, 0.15) is 12.5 Å². The van der Waals surface area contributed by atoms with Gasteiger partial charge in [-0.1, -0.05) is 34.1 Å². The number of anilines is 1. The topological polar surface area (TPSA) is 97.7 Å². The highest BCUT2D eigenvalue weighted by Crippen LogP contribution is 2.27. The molecule has 0 spiro atoms. The average molecular weight is 496 g/mol. The van der Waals surface area contributed by atoms with E-state index in [1.807, 2.05) is 24.3 Å². The lowest BCUT2D eigenvalue weighted by atomic mass is 10.1. The third-order valence-corrected chi connectivity index (χ3v) is 5.44. The molecule has 0 aliphatic carbocycles. The second-order valence-corrected chi connectivity index (χ2v) is 7.88. The first-order chi connectivity index (χ1) is 15.4. The molecular formula is C23H18BrN3O5. The molecule has 1 aliphatic rings. The SMILES string of the molecule is CCOC(=O)Cn1cc(C=C2C(=O)NC(=O)N(c3ccc(Br)cc3)C2=O)c2ccccc21. The standard InChI is InChI=1S/C23H18BrN3O5/c1-2-32-20(28)13-26-12-14(17-5-3-4-6-19(17)26)11-18-21(29)25-23(31)27(22(18)30)16-9-7-15(24)8-10-16/h3-12H,2,13H2,1H3,(H,25,29,31). The van der Waals surface area contributed by atoms with E-state index in [4.69, 9.17) is 4.74 Å². The molecule has 1 aliphatic heterocycles. The number of rotatable bonds is 5. The number of amides is 4. The Bertz CT molecular complexity index is 1280. The summed E-state index contributed by atoms with van der Waals surface area (Å²) in [7, 11) is 0. The highest BCUT2D eigenvalue weighted by atomic mass is 79.9. The summed E-state index contributed by atoms with van der Waals surface area (Å²) in [5.74, 6) is -1.91. The number of imide groups is 2. The van der Waals surface area contributed by atoms with Gasteiger partial charge in [0.25, 0.3) is 11.8 Å². The minimum atomic E-state index is -0.816. The average Bonchev–Trinajstić information content (AvgIpc) is 3.10. The molecule has 32 heavy (non-hydrogen) atoms. The monoisotopic (exact) mass is 495 g/mol. The summed E-state index contributed by atoms with van der Waals surface area (Å²) in [6.07, 6.45) is 3.11. The Morgan fingerprint density at radius 1 is 1.09 bits per heavy atom. The maximum absolute atomic E-state index is 13.1. The lowest BCUT2D eigenvalue weighted by Crippen LogP contribution is -2.54. The van der Waals surface area contributed by atoms with Crippen LogP contribution in [0.5, 0.6) is 0 Å². The molecule has 0 atom stereocenters. The maximum Gasteiger partial charge on any atom is 0.335 e. The van der Waals surface area contributed by atoms with Crippen LogP contribution in [0.2, 0.25) is 0 Å².